The molecule has 2 aromatic carbocycles. The number of nitrogens with zero attached hydrogens (tertiary/aromatic N) is 1. The van der Waals surface area contributed by atoms with Gasteiger partial charge in [0.15, 0.2) is 5.96 Å². The Morgan fingerprint density at radius 3 is 2.62 bits per heavy atom. The molecule has 0 saturated carbocycles. The molecule has 0 aliphatic rings. The van der Waals surface area contributed by atoms with Gasteiger partial charge in [0.2, 0.25) is 0 Å². The van der Waals surface area contributed by atoms with Crippen LogP contribution in [0.15, 0.2) is 58.0 Å². The summed E-state index contributed by atoms with van der Waals surface area (Å²) in [4.78, 5) is 4.59. The molecule has 24 heavy (non-hydrogen) atoms. The molecule has 6 heteroatoms. The van der Waals surface area contributed by atoms with Crippen molar-refractivity contribution in [2.75, 3.05) is 6.54 Å². The first-order chi connectivity index (χ1) is 11.1. The Hall–Kier alpha value is -1.28. The normalized spacial score (nSPS) is 12.2. The highest BCUT2D eigenvalue weighted by atomic mass is 127. The molecule has 2 aromatic rings. The minimum atomic E-state index is 0. The van der Waals surface area contributed by atoms with Crippen LogP contribution >= 0.6 is 39.9 Å². The van der Waals surface area contributed by atoms with Crippen LogP contribution in [0.3, 0.4) is 0 Å². The summed E-state index contributed by atoms with van der Waals surface area (Å²) >= 11 is 3.58. The van der Waals surface area contributed by atoms with Gasteiger partial charge in [-0.15, -0.1) is 24.0 Å². The van der Waals surface area contributed by atoms with Gasteiger partial charge in [0.25, 0.3) is 0 Å². The number of hydrogen-bond acceptors (Lipinski definition) is 2. The van der Waals surface area contributed by atoms with Gasteiger partial charge in [-0.2, -0.15) is 0 Å². The zero-order chi connectivity index (χ0) is 16.7. The monoisotopic (exact) mass is 503 g/mol. The zero-order valence-corrected chi connectivity index (χ0v) is 17.7. The Morgan fingerprint density at radius 2 is 1.96 bits per heavy atom. The van der Waals surface area contributed by atoms with E-state index < -0.39 is 0 Å². The number of aromatic hydroxyl groups is 1. The molecule has 0 aliphatic carbocycles. The Bertz CT molecular complexity index is 679. The number of phenols is 1. The number of nitrogens with one attached hydrogen (secondary N) is 2. The molecular weight excluding hydrogens is 481 g/mol. The summed E-state index contributed by atoms with van der Waals surface area (Å²) in [5, 5.41) is 16.2. The summed E-state index contributed by atoms with van der Waals surface area (Å²) in [7, 11) is 0. The molecular formula is C18H23BrIN3O. The third-order valence-electron chi connectivity index (χ3n) is 3.40. The predicted molar refractivity (Wildman–Crippen MR) is 114 cm³/mol. The molecule has 0 saturated heterocycles. The molecule has 4 nitrogen and oxygen atoms in total. The van der Waals surface area contributed by atoms with Gasteiger partial charge in [-0.05, 0) is 43.2 Å². The Morgan fingerprint density at radius 1 is 1.21 bits per heavy atom. The number of guanidine groups is 1. The standard InChI is InChI=1S/C18H22BrN3O.HI/c1-3-20-18(21-12-14-7-6-8-15(23)11-14)22-13(2)16-9-4-5-10-17(16)19;/h4-11,13,23H,3,12H2,1-2H3,(H2,20,21,22);1H. The summed E-state index contributed by atoms with van der Waals surface area (Å²) in [6.45, 7) is 5.43. The lowest BCUT2D eigenvalue weighted by molar-refractivity contribution is 0.474. The molecule has 1 unspecified atom stereocenters. The average Bonchev–Trinajstić information content (AvgIpc) is 2.53. The largest absolute Gasteiger partial charge is 0.508 e. The van der Waals surface area contributed by atoms with Crippen molar-refractivity contribution in [1.82, 2.24) is 10.6 Å². The Labute approximate surface area is 168 Å². The molecule has 3 N–H and O–H groups in total. The van der Waals surface area contributed by atoms with Crippen molar-refractivity contribution in [2.45, 2.75) is 26.4 Å². The lowest BCUT2D eigenvalue weighted by atomic mass is 10.1. The summed E-state index contributed by atoms with van der Waals surface area (Å²) in [5.74, 6) is 1.01. The van der Waals surface area contributed by atoms with Crippen molar-refractivity contribution in [1.29, 1.82) is 0 Å². The van der Waals surface area contributed by atoms with Crippen LogP contribution in [0.5, 0.6) is 5.75 Å². The third-order valence-corrected chi connectivity index (χ3v) is 4.12. The van der Waals surface area contributed by atoms with Crippen LogP contribution in [0.4, 0.5) is 0 Å². The van der Waals surface area contributed by atoms with E-state index in [1.807, 2.05) is 37.3 Å². The second kappa shape index (κ2) is 10.6. The van der Waals surface area contributed by atoms with E-state index in [1.54, 1.807) is 12.1 Å². The van der Waals surface area contributed by atoms with Gasteiger partial charge in [-0.3, -0.25) is 0 Å². The topological polar surface area (TPSA) is 56.7 Å². The van der Waals surface area contributed by atoms with E-state index in [9.17, 15) is 5.11 Å². The minimum Gasteiger partial charge on any atom is -0.508 e. The summed E-state index contributed by atoms with van der Waals surface area (Å²) in [6.07, 6.45) is 0. The summed E-state index contributed by atoms with van der Waals surface area (Å²) < 4.78 is 1.07. The quantitative estimate of drug-likeness (QED) is 0.318. The first-order valence-corrected chi connectivity index (χ1v) is 8.46. The van der Waals surface area contributed by atoms with Crippen molar-refractivity contribution in [3.63, 3.8) is 0 Å². The van der Waals surface area contributed by atoms with Crippen LogP contribution in [0.2, 0.25) is 0 Å². The van der Waals surface area contributed by atoms with E-state index in [1.165, 1.54) is 5.56 Å². The lowest BCUT2D eigenvalue weighted by Crippen LogP contribution is -2.38. The predicted octanol–water partition coefficient (Wildman–Crippen LogP) is 4.59. The van der Waals surface area contributed by atoms with Crippen LogP contribution in [-0.2, 0) is 6.54 Å². The second-order valence-electron chi connectivity index (χ2n) is 5.25. The molecule has 0 aromatic heterocycles. The van der Waals surface area contributed by atoms with Crippen LogP contribution < -0.4 is 10.6 Å². The molecule has 0 radical (unpaired) electrons. The van der Waals surface area contributed by atoms with E-state index >= 15 is 0 Å². The molecule has 0 amide bonds. The van der Waals surface area contributed by atoms with Crippen molar-refractivity contribution < 1.29 is 5.11 Å². The van der Waals surface area contributed by atoms with Crippen molar-refractivity contribution >= 4 is 45.9 Å². The maximum atomic E-state index is 9.52. The van der Waals surface area contributed by atoms with Gasteiger partial charge < -0.3 is 15.7 Å². The Balaban J connectivity index is 0.00000288. The highest BCUT2D eigenvalue weighted by molar-refractivity contribution is 14.0. The van der Waals surface area contributed by atoms with Crippen molar-refractivity contribution in [2.24, 2.45) is 4.99 Å². The summed E-state index contributed by atoms with van der Waals surface area (Å²) in [6, 6.07) is 15.4. The van der Waals surface area contributed by atoms with E-state index in [0.717, 1.165) is 22.5 Å². The molecule has 2 rings (SSSR count). The van der Waals surface area contributed by atoms with Crippen molar-refractivity contribution in [3.05, 3.63) is 64.1 Å². The van der Waals surface area contributed by atoms with Gasteiger partial charge in [-0.25, -0.2) is 4.99 Å². The first-order valence-electron chi connectivity index (χ1n) is 7.67. The summed E-state index contributed by atoms with van der Waals surface area (Å²) in [5.41, 5.74) is 2.14. The molecule has 130 valence electrons. The van der Waals surface area contributed by atoms with Gasteiger partial charge >= 0.3 is 0 Å². The van der Waals surface area contributed by atoms with E-state index in [4.69, 9.17) is 0 Å². The number of aliphatic imine (C=N–C) groups is 1. The third kappa shape index (κ3) is 6.32. The number of phenolic OH excluding ortho intramolecular Hbond substituents is 1. The van der Waals surface area contributed by atoms with Crippen LogP contribution in [0.25, 0.3) is 0 Å². The molecule has 0 aliphatic heterocycles. The highest BCUT2D eigenvalue weighted by Crippen LogP contribution is 2.22. The number of benzene rings is 2. The molecule has 0 bridgehead atoms. The molecule has 0 fully saturated rings. The van der Waals surface area contributed by atoms with Crippen LogP contribution in [0, 0.1) is 0 Å². The fourth-order valence-corrected chi connectivity index (χ4v) is 2.88. The molecule has 0 heterocycles. The van der Waals surface area contributed by atoms with Gasteiger partial charge in [0, 0.05) is 11.0 Å². The fraction of sp³-hybridized carbons (Fsp3) is 0.278. The van der Waals surface area contributed by atoms with Crippen molar-refractivity contribution in [3.8, 4) is 5.75 Å². The second-order valence-corrected chi connectivity index (χ2v) is 6.11. The highest BCUT2D eigenvalue weighted by Gasteiger charge is 2.10. The lowest BCUT2D eigenvalue weighted by Gasteiger charge is -2.19. The molecule has 0 spiro atoms. The van der Waals surface area contributed by atoms with Crippen LogP contribution in [0.1, 0.15) is 31.0 Å². The first kappa shape index (κ1) is 20.8. The van der Waals surface area contributed by atoms with Gasteiger partial charge in [-0.1, -0.05) is 46.3 Å². The van der Waals surface area contributed by atoms with Gasteiger partial charge in [0.05, 0.1) is 12.6 Å². The number of hydrogen-bond donors (Lipinski definition) is 3. The minimum absolute atomic E-state index is 0. The van der Waals surface area contributed by atoms with Crippen LogP contribution in [-0.4, -0.2) is 17.6 Å². The number of halogens is 2. The smallest absolute Gasteiger partial charge is 0.192 e. The maximum Gasteiger partial charge on any atom is 0.192 e. The zero-order valence-electron chi connectivity index (χ0n) is 13.8. The van der Waals surface area contributed by atoms with E-state index in [0.29, 0.717) is 6.54 Å². The Kier molecular flexibility index (Phi) is 9.13. The SMILES string of the molecule is CCNC(=NCc1cccc(O)c1)NC(C)c1ccccc1Br.I. The average molecular weight is 504 g/mol. The van der Waals surface area contributed by atoms with E-state index in [2.05, 4.69) is 44.5 Å². The maximum absolute atomic E-state index is 9.52. The molecule has 1 atom stereocenters. The number of rotatable bonds is 5. The van der Waals surface area contributed by atoms with Gasteiger partial charge in [0.1, 0.15) is 5.75 Å². The fourth-order valence-electron chi connectivity index (χ4n) is 2.25. The van der Waals surface area contributed by atoms with E-state index in [-0.39, 0.29) is 35.8 Å².